The van der Waals surface area contributed by atoms with Gasteiger partial charge in [-0.3, -0.25) is 10.2 Å². The van der Waals surface area contributed by atoms with Gasteiger partial charge in [-0.15, -0.1) is 0 Å². The lowest BCUT2D eigenvalue weighted by molar-refractivity contribution is -0.128. The number of aryl methyl sites for hydroxylation is 2. The van der Waals surface area contributed by atoms with E-state index < -0.39 is 18.0 Å². The Labute approximate surface area is 136 Å². The zero-order chi connectivity index (χ0) is 16.7. The van der Waals surface area contributed by atoms with Gasteiger partial charge < -0.3 is 10.1 Å². The van der Waals surface area contributed by atoms with E-state index in [-0.39, 0.29) is 0 Å². The van der Waals surface area contributed by atoms with E-state index in [9.17, 15) is 9.59 Å². The molecule has 1 aromatic carbocycles. The number of fused-ring (bicyclic) bond motifs is 1. The number of amides is 3. The first-order valence-corrected chi connectivity index (χ1v) is 8.22. The number of hydrazine groups is 1. The Morgan fingerprint density at radius 1 is 1.22 bits per heavy atom. The first kappa shape index (κ1) is 17.1. The van der Waals surface area contributed by atoms with Crippen LogP contribution >= 0.6 is 0 Å². The van der Waals surface area contributed by atoms with E-state index in [1.165, 1.54) is 17.5 Å². The molecule has 1 atom stereocenters. The highest BCUT2D eigenvalue weighted by Crippen LogP contribution is 2.26. The first-order chi connectivity index (χ1) is 11.1. The number of ether oxygens (including phenoxy) is 1. The van der Waals surface area contributed by atoms with Crippen LogP contribution in [0, 0.1) is 0 Å². The lowest BCUT2D eigenvalue weighted by atomic mass is 10.1. The Bertz CT molecular complexity index is 560. The fraction of sp³-hybridized carbons (Fsp3) is 0.529. The molecule has 0 saturated heterocycles. The third-order valence-electron chi connectivity index (χ3n) is 3.87. The van der Waals surface area contributed by atoms with Crippen molar-refractivity contribution in [3.05, 3.63) is 29.3 Å². The van der Waals surface area contributed by atoms with Crippen LogP contribution < -0.4 is 20.9 Å². The smallest absolute Gasteiger partial charge is 0.333 e. The summed E-state index contributed by atoms with van der Waals surface area (Å²) in [7, 11) is 0. The minimum atomic E-state index is -0.689. The maximum absolute atomic E-state index is 11.9. The van der Waals surface area contributed by atoms with Gasteiger partial charge in [0.15, 0.2) is 6.10 Å². The second kappa shape index (κ2) is 8.41. The zero-order valence-electron chi connectivity index (χ0n) is 13.8. The average molecular weight is 319 g/mol. The predicted octanol–water partition coefficient (Wildman–Crippen LogP) is 2.07. The van der Waals surface area contributed by atoms with E-state index in [0.717, 1.165) is 25.7 Å². The molecule has 0 bridgehead atoms. The number of hydrogen-bond acceptors (Lipinski definition) is 3. The van der Waals surface area contributed by atoms with Gasteiger partial charge in [-0.05, 0) is 55.9 Å². The number of carbonyl (C=O) groups excluding carboxylic acids is 2. The summed E-state index contributed by atoms with van der Waals surface area (Å²) < 4.78 is 5.65. The molecule has 6 heteroatoms. The summed E-state index contributed by atoms with van der Waals surface area (Å²) in [4.78, 5) is 23.4. The molecule has 0 saturated carbocycles. The maximum atomic E-state index is 11.9. The van der Waals surface area contributed by atoms with E-state index >= 15 is 0 Å². The molecular weight excluding hydrogens is 294 g/mol. The van der Waals surface area contributed by atoms with Crippen molar-refractivity contribution in [1.82, 2.24) is 16.2 Å². The molecule has 6 nitrogen and oxygen atoms in total. The molecule has 1 aliphatic carbocycles. The molecule has 1 unspecified atom stereocenters. The van der Waals surface area contributed by atoms with Crippen LogP contribution in [0.1, 0.15) is 44.2 Å². The van der Waals surface area contributed by atoms with Crippen LogP contribution in [0.25, 0.3) is 0 Å². The van der Waals surface area contributed by atoms with Crippen LogP contribution in [-0.2, 0) is 17.6 Å². The molecule has 1 aromatic rings. The molecule has 2 rings (SSSR count). The Morgan fingerprint density at radius 3 is 2.78 bits per heavy atom. The van der Waals surface area contributed by atoms with Gasteiger partial charge in [0.1, 0.15) is 5.75 Å². The highest BCUT2D eigenvalue weighted by atomic mass is 16.5. The second-order valence-corrected chi connectivity index (χ2v) is 5.77. The van der Waals surface area contributed by atoms with E-state index in [4.69, 9.17) is 4.74 Å². The maximum Gasteiger partial charge on any atom is 0.333 e. The summed E-state index contributed by atoms with van der Waals surface area (Å²) >= 11 is 0. The summed E-state index contributed by atoms with van der Waals surface area (Å²) in [5.74, 6) is 0.289. The van der Waals surface area contributed by atoms with Crippen molar-refractivity contribution < 1.29 is 14.3 Å². The van der Waals surface area contributed by atoms with Gasteiger partial charge in [-0.2, -0.15) is 0 Å². The van der Waals surface area contributed by atoms with Crippen LogP contribution in [0.5, 0.6) is 5.75 Å². The first-order valence-electron chi connectivity index (χ1n) is 8.22. The Kier molecular flexibility index (Phi) is 6.26. The lowest BCUT2D eigenvalue weighted by Crippen LogP contribution is -2.50. The zero-order valence-corrected chi connectivity index (χ0v) is 13.8. The molecular formula is C17H25N3O3. The van der Waals surface area contributed by atoms with Gasteiger partial charge >= 0.3 is 6.03 Å². The Hall–Kier alpha value is -2.24. The lowest BCUT2D eigenvalue weighted by Gasteiger charge is -2.16. The predicted molar refractivity (Wildman–Crippen MR) is 88.1 cm³/mol. The fourth-order valence-corrected chi connectivity index (χ4v) is 2.52. The number of rotatable bonds is 6. The summed E-state index contributed by atoms with van der Waals surface area (Å²) in [6.45, 7) is 4.28. The number of carbonyl (C=O) groups is 2. The molecule has 3 N–H and O–H groups in total. The highest BCUT2D eigenvalue weighted by molar-refractivity contribution is 5.84. The van der Waals surface area contributed by atoms with Crippen molar-refractivity contribution in [2.24, 2.45) is 0 Å². The van der Waals surface area contributed by atoms with Crippen LogP contribution in [0.15, 0.2) is 18.2 Å². The van der Waals surface area contributed by atoms with Crippen LogP contribution in [0.3, 0.4) is 0 Å². The topological polar surface area (TPSA) is 79.5 Å². The summed E-state index contributed by atoms with van der Waals surface area (Å²) in [6.07, 6.45) is 4.56. The molecule has 0 aromatic heterocycles. The minimum Gasteiger partial charge on any atom is -0.481 e. The standard InChI is InChI=1S/C17H25N3O3/c1-3-4-10-18-17(22)20-19-16(21)12(2)23-15-9-8-13-6-5-7-14(13)11-15/h8-9,11-12H,3-7,10H2,1-2H3,(H,19,21)(H2,18,20,22). The van der Waals surface area contributed by atoms with Crippen molar-refractivity contribution in [3.8, 4) is 5.75 Å². The van der Waals surface area contributed by atoms with Gasteiger partial charge in [-0.25, -0.2) is 10.2 Å². The van der Waals surface area contributed by atoms with Gasteiger partial charge in [0.25, 0.3) is 5.91 Å². The second-order valence-electron chi connectivity index (χ2n) is 5.77. The Balaban J connectivity index is 1.75. The van der Waals surface area contributed by atoms with Gasteiger partial charge in [0.05, 0.1) is 0 Å². The van der Waals surface area contributed by atoms with Gasteiger partial charge in [-0.1, -0.05) is 19.4 Å². The van der Waals surface area contributed by atoms with Crippen LogP contribution in [-0.4, -0.2) is 24.6 Å². The quantitative estimate of drug-likeness (QED) is 0.555. The largest absolute Gasteiger partial charge is 0.481 e. The molecule has 0 radical (unpaired) electrons. The molecule has 126 valence electrons. The highest BCUT2D eigenvalue weighted by Gasteiger charge is 2.17. The molecule has 1 aliphatic rings. The summed E-state index contributed by atoms with van der Waals surface area (Å²) in [6, 6.07) is 5.52. The molecule has 0 fully saturated rings. The minimum absolute atomic E-state index is 0.392. The van der Waals surface area contributed by atoms with Gasteiger partial charge in [0.2, 0.25) is 0 Å². The van der Waals surface area contributed by atoms with Crippen molar-refractivity contribution in [3.63, 3.8) is 0 Å². The third-order valence-corrected chi connectivity index (χ3v) is 3.87. The number of nitrogens with one attached hydrogen (secondary N) is 3. The van der Waals surface area contributed by atoms with Crippen molar-refractivity contribution in [2.45, 2.75) is 52.1 Å². The third kappa shape index (κ3) is 5.16. The number of urea groups is 1. The van der Waals surface area contributed by atoms with Crippen LogP contribution in [0.4, 0.5) is 4.79 Å². The van der Waals surface area contributed by atoms with Crippen molar-refractivity contribution >= 4 is 11.9 Å². The molecule has 0 aliphatic heterocycles. The van der Waals surface area contributed by atoms with Crippen molar-refractivity contribution in [1.29, 1.82) is 0 Å². The molecule has 0 heterocycles. The van der Waals surface area contributed by atoms with E-state index in [1.807, 2.05) is 19.1 Å². The van der Waals surface area contributed by atoms with Gasteiger partial charge in [0, 0.05) is 6.54 Å². The van der Waals surface area contributed by atoms with E-state index in [2.05, 4.69) is 22.2 Å². The monoisotopic (exact) mass is 319 g/mol. The number of benzene rings is 1. The average Bonchev–Trinajstić information content (AvgIpc) is 3.00. The SMILES string of the molecule is CCCCNC(=O)NNC(=O)C(C)Oc1ccc2c(c1)CCC2. The fourth-order valence-electron chi connectivity index (χ4n) is 2.52. The van der Waals surface area contributed by atoms with E-state index in [1.54, 1.807) is 6.92 Å². The van der Waals surface area contributed by atoms with E-state index in [0.29, 0.717) is 12.3 Å². The number of hydrogen-bond donors (Lipinski definition) is 3. The van der Waals surface area contributed by atoms with Crippen molar-refractivity contribution in [2.75, 3.05) is 6.54 Å². The molecule has 3 amide bonds. The molecule has 0 spiro atoms. The van der Waals surface area contributed by atoms with Crippen LogP contribution in [0.2, 0.25) is 0 Å². The summed E-state index contributed by atoms with van der Waals surface area (Å²) in [5.41, 5.74) is 7.33. The Morgan fingerprint density at radius 2 is 2.00 bits per heavy atom. The molecule has 23 heavy (non-hydrogen) atoms. The number of unbranched alkanes of at least 4 members (excludes halogenated alkanes) is 1. The normalized spacial score (nSPS) is 13.8. The summed E-state index contributed by atoms with van der Waals surface area (Å²) in [5, 5.41) is 2.65.